The Balaban J connectivity index is 1.36. The summed E-state index contributed by atoms with van der Waals surface area (Å²) in [6, 6.07) is 10.9. The number of imidazole rings is 1. The third-order valence-electron chi connectivity index (χ3n) is 4.69. The number of ether oxygens (including phenoxy) is 1. The fourth-order valence-electron chi connectivity index (χ4n) is 3.26. The lowest BCUT2D eigenvalue weighted by molar-refractivity contribution is -0.149. The number of carbonyl (C=O) groups excluding carboxylic acids is 2. The minimum atomic E-state index is -0.485. The van der Waals surface area contributed by atoms with Crippen LogP contribution in [0.4, 0.5) is 0 Å². The first kappa shape index (κ1) is 18.8. The quantitative estimate of drug-likeness (QED) is 0.593. The molecule has 0 bridgehead atoms. The van der Waals surface area contributed by atoms with Crippen LogP contribution in [0.2, 0.25) is 10.0 Å². The highest BCUT2D eigenvalue weighted by molar-refractivity contribution is 6.31. The van der Waals surface area contributed by atoms with Crippen molar-refractivity contribution in [2.75, 3.05) is 6.54 Å². The van der Waals surface area contributed by atoms with Crippen LogP contribution in [0, 0.1) is 5.92 Å². The van der Waals surface area contributed by atoms with E-state index in [4.69, 9.17) is 27.9 Å². The molecule has 0 spiro atoms. The molecule has 8 heteroatoms. The van der Waals surface area contributed by atoms with Crippen LogP contribution in [0.3, 0.4) is 0 Å². The molecule has 1 saturated heterocycles. The van der Waals surface area contributed by atoms with Crippen LogP contribution in [0.25, 0.3) is 5.65 Å². The van der Waals surface area contributed by atoms with E-state index in [-0.39, 0.29) is 18.9 Å². The van der Waals surface area contributed by atoms with E-state index in [9.17, 15) is 9.59 Å². The number of likely N-dealkylation sites (tertiary alicyclic amines) is 1. The normalized spacial score (nSPS) is 16.7. The molecule has 0 N–H and O–H groups in total. The monoisotopic (exact) mass is 417 g/mol. The van der Waals surface area contributed by atoms with Crippen LogP contribution in [0.15, 0.2) is 48.8 Å². The van der Waals surface area contributed by atoms with E-state index in [0.29, 0.717) is 28.8 Å². The van der Waals surface area contributed by atoms with Gasteiger partial charge in [-0.1, -0.05) is 41.4 Å². The van der Waals surface area contributed by atoms with Crippen molar-refractivity contribution in [1.29, 1.82) is 0 Å². The molecule has 3 aromatic rings. The van der Waals surface area contributed by atoms with Crippen molar-refractivity contribution in [3.63, 3.8) is 0 Å². The Morgan fingerprint density at radius 2 is 2.00 bits per heavy atom. The van der Waals surface area contributed by atoms with Gasteiger partial charge in [-0.15, -0.1) is 0 Å². The molecule has 0 saturated carbocycles. The molecular formula is C20H17Cl2N3O3. The van der Waals surface area contributed by atoms with Crippen molar-refractivity contribution in [1.82, 2.24) is 14.3 Å². The summed E-state index contributed by atoms with van der Waals surface area (Å²) in [7, 11) is 0. The smallest absolute Gasteiger partial charge is 0.311 e. The molecular weight excluding hydrogens is 401 g/mol. The molecule has 144 valence electrons. The Morgan fingerprint density at radius 3 is 2.82 bits per heavy atom. The van der Waals surface area contributed by atoms with Crippen LogP contribution in [0.5, 0.6) is 0 Å². The van der Waals surface area contributed by atoms with Crippen LogP contribution >= 0.6 is 23.2 Å². The number of pyridine rings is 1. The fraction of sp³-hybridized carbons (Fsp3) is 0.250. The van der Waals surface area contributed by atoms with E-state index in [2.05, 4.69) is 4.98 Å². The van der Waals surface area contributed by atoms with E-state index in [1.54, 1.807) is 39.9 Å². The van der Waals surface area contributed by atoms with Gasteiger partial charge in [-0.05, 0) is 23.8 Å². The van der Waals surface area contributed by atoms with Crippen LogP contribution in [0.1, 0.15) is 17.7 Å². The average Bonchev–Trinajstić information content (AvgIpc) is 3.24. The van der Waals surface area contributed by atoms with Crippen molar-refractivity contribution < 1.29 is 14.3 Å². The van der Waals surface area contributed by atoms with Gasteiger partial charge in [0.15, 0.2) is 0 Å². The van der Waals surface area contributed by atoms with Gasteiger partial charge >= 0.3 is 5.97 Å². The summed E-state index contributed by atoms with van der Waals surface area (Å²) in [5.74, 6) is -0.962. The molecule has 2 aromatic heterocycles. The number of nitrogens with zero attached hydrogens (tertiary/aromatic N) is 3. The molecule has 3 heterocycles. The third-order valence-corrected chi connectivity index (χ3v) is 5.29. The number of esters is 1. The van der Waals surface area contributed by atoms with Crippen molar-refractivity contribution in [2.24, 2.45) is 5.92 Å². The summed E-state index contributed by atoms with van der Waals surface area (Å²) in [5, 5.41) is 1.20. The summed E-state index contributed by atoms with van der Waals surface area (Å²) in [6.45, 7) is 0.756. The predicted octanol–water partition coefficient (Wildman–Crippen LogP) is 3.73. The fourth-order valence-corrected chi connectivity index (χ4v) is 3.63. The number of amides is 1. The summed E-state index contributed by atoms with van der Waals surface area (Å²) < 4.78 is 7.16. The first-order valence-corrected chi connectivity index (χ1v) is 9.56. The molecule has 0 unspecified atom stereocenters. The second kappa shape index (κ2) is 7.81. The van der Waals surface area contributed by atoms with Gasteiger partial charge in [0.05, 0.1) is 16.6 Å². The minimum Gasteiger partial charge on any atom is -0.459 e. The van der Waals surface area contributed by atoms with E-state index in [1.807, 2.05) is 18.2 Å². The second-order valence-corrected chi connectivity index (χ2v) is 7.56. The molecule has 1 aliphatic rings. The standard InChI is InChI=1S/C20H17Cl2N3O3/c21-15-5-6-18-23-16(11-24(18)10-15)12-28-20(27)14-7-19(26)25(9-14)8-13-3-1-2-4-17(13)22/h1-6,10-11,14H,7-9,12H2/t14-/m1/s1. The van der Waals surface area contributed by atoms with E-state index < -0.39 is 11.9 Å². The van der Waals surface area contributed by atoms with Crippen molar-refractivity contribution >= 4 is 40.7 Å². The van der Waals surface area contributed by atoms with Gasteiger partial charge < -0.3 is 14.0 Å². The lowest BCUT2D eigenvalue weighted by atomic mass is 10.1. The number of fused-ring (bicyclic) bond motifs is 1. The van der Waals surface area contributed by atoms with E-state index in [0.717, 1.165) is 11.2 Å². The molecule has 6 nitrogen and oxygen atoms in total. The SMILES string of the molecule is O=C(OCc1cn2cc(Cl)ccc2n1)[C@@H]1CC(=O)N(Cc2ccccc2Cl)C1. The number of hydrogen-bond acceptors (Lipinski definition) is 4. The Kier molecular flexibility index (Phi) is 5.24. The molecule has 1 aliphatic heterocycles. The Hall–Kier alpha value is -2.57. The number of aromatic nitrogens is 2. The molecule has 1 amide bonds. The largest absolute Gasteiger partial charge is 0.459 e. The Morgan fingerprint density at radius 1 is 1.18 bits per heavy atom. The molecule has 4 rings (SSSR count). The highest BCUT2D eigenvalue weighted by atomic mass is 35.5. The lowest BCUT2D eigenvalue weighted by Crippen LogP contribution is -2.26. The van der Waals surface area contributed by atoms with Crippen molar-refractivity contribution in [2.45, 2.75) is 19.6 Å². The first-order chi connectivity index (χ1) is 13.5. The van der Waals surface area contributed by atoms with Crippen LogP contribution in [-0.2, 0) is 27.5 Å². The van der Waals surface area contributed by atoms with Crippen molar-refractivity contribution in [3.05, 3.63) is 70.1 Å². The second-order valence-electron chi connectivity index (χ2n) is 6.72. The highest BCUT2D eigenvalue weighted by Gasteiger charge is 2.35. The molecule has 0 aliphatic carbocycles. The Bertz CT molecular complexity index is 1050. The maximum Gasteiger partial charge on any atom is 0.311 e. The zero-order chi connectivity index (χ0) is 19.7. The topological polar surface area (TPSA) is 63.9 Å². The average molecular weight is 418 g/mol. The van der Waals surface area contributed by atoms with Gasteiger partial charge in [-0.25, -0.2) is 4.98 Å². The number of rotatable bonds is 5. The molecule has 0 radical (unpaired) electrons. The number of carbonyl (C=O) groups is 2. The maximum atomic E-state index is 12.4. The summed E-state index contributed by atoms with van der Waals surface area (Å²) >= 11 is 12.1. The van der Waals surface area contributed by atoms with E-state index >= 15 is 0 Å². The lowest BCUT2D eigenvalue weighted by Gasteiger charge is -2.17. The molecule has 1 fully saturated rings. The number of halogens is 2. The van der Waals surface area contributed by atoms with Gasteiger partial charge in [0, 0.05) is 36.9 Å². The third kappa shape index (κ3) is 3.98. The Labute approximate surface area is 171 Å². The van der Waals surface area contributed by atoms with Crippen LogP contribution in [-0.4, -0.2) is 32.7 Å². The number of hydrogen-bond donors (Lipinski definition) is 0. The van der Waals surface area contributed by atoms with Gasteiger partial charge in [0.1, 0.15) is 12.3 Å². The first-order valence-electron chi connectivity index (χ1n) is 8.80. The maximum absolute atomic E-state index is 12.4. The molecule has 28 heavy (non-hydrogen) atoms. The molecule has 1 aromatic carbocycles. The van der Waals surface area contributed by atoms with Gasteiger partial charge in [-0.3, -0.25) is 9.59 Å². The predicted molar refractivity (Wildman–Crippen MR) is 105 cm³/mol. The number of benzene rings is 1. The van der Waals surface area contributed by atoms with Gasteiger partial charge in [0.25, 0.3) is 0 Å². The zero-order valence-corrected chi connectivity index (χ0v) is 16.4. The summed E-state index contributed by atoms with van der Waals surface area (Å²) in [6.07, 6.45) is 3.64. The van der Waals surface area contributed by atoms with Gasteiger partial charge in [-0.2, -0.15) is 0 Å². The van der Waals surface area contributed by atoms with Gasteiger partial charge in [0.2, 0.25) is 5.91 Å². The summed E-state index contributed by atoms with van der Waals surface area (Å²) in [4.78, 5) is 30.7. The van der Waals surface area contributed by atoms with Crippen molar-refractivity contribution in [3.8, 4) is 0 Å². The molecule has 1 atom stereocenters. The zero-order valence-electron chi connectivity index (χ0n) is 14.8. The van der Waals surface area contributed by atoms with Crippen LogP contribution < -0.4 is 0 Å². The minimum absolute atomic E-state index is 0.0489. The highest BCUT2D eigenvalue weighted by Crippen LogP contribution is 2.24. The van der Waals surface area contributed by atoms with E-state index in [1.165, 1.54) is 0 Å². The summed E-state index contributed by atoms with van der Waals surface area (Å²) in [5.41, 5.74) is 2.19.